The summed E-state index contributed by atoms with van der Waals surface area (Å²) < 4.78 is 40.3. The highest BCUT2D eigenvalue weighted by molar-refractivity contribution is 8.13. The lowest BCUT2D eigenvalue weighted by molar-refractivity contribution is -0.274. The van der Waals surface area contributed by atoms with Crippen LogP contribution in [-0.2, 0) is 0 Å². The number of rotatable bonds is 2. The fraction of sp³-hybridized carbons (Fsp3) is 0.200. The summed E-state index contributed by atoms with van der Waals surface area (Å²) in [6.07, 6.45) is -1.68. The van der Waals surface area contributed by atoms with Crippen LogP contribution in [-0.4, -0.2) is 17.8 Å². The second kappa shape index (κ2) is 7.31. The van der Waals surface area contributed by atoms with Crippen LogP contribution in [0.4, 0.5) is 18.9 Å². The first-order chi connectivity index (χ1) is 9.69. The van der Waals surface area contributed by atoms with Crippen LogP contribution in [0.3, 0.4) is 0 Å². The summed E-state index contributed by atoms with van der Waals surface area (Å²) in [6, 6.07) is 0.840. The standard InChI is InChI=1S/C10H5Cl3F3N3OS/c1-21-9(18-3-17)19-8-4(11)2-5(6(12)7(8)13)20-10(14,15)16/h2H,1H3,(H,18,19). The zero-order valence-electron chi connectivity index (χ0n) is 10.1. The SMILES string of the molecule is CSC(=Nc1c(Cl)cc(OC(F)(F)F)c(Cl)c1Cl)NC#N. The Morgan fingerprint density at radius 1 is 1.38 bits per heavy atom. The number of hydrogen-bond donors (Lipinski definition) is 1. The van der Waals surface area contributed by atoms with Crippen LogP contribution in [0.2, 0.25) is 15.1 Å². The Balaban J connectivity index is 3.33. The van der Waals surface area contributed by atoms with Gasteiger partial charge in [0.05, 0.1) is 10.0 Å². The molecular formula is C10H5Cl3F3N3OS. The Labute approximate surface area is 136 Å². The van der Waals surface area contributed by atoms with Gasteiger partial charge in [-0.3, -0.25) is 5.32 Å². The lowest BCUT2D eigenvalue weighted by atomic mass is 10.3. The number of thioether (sulfide) groups is 1. The van der Waals surface area contributed by atoms with Crippen molar-refractivity contribution >= 4 is 57.4 Å². The maximum Gasteiger partial charge on any atom is 0.573 e. The van der Waals surface area contributed by atoms with Crippen LogP contribution in [0.5, 0.6) is 5.75 Å². The number of halogens is 6. The molecule has 0 saturated heterocycles. The Kier molecular flexibility index (Phi) is 6.28. The number of alkyl halides is 3. The fourth-order valence-electron chi connectivity index (χ4n) is 1.14. The fourth-order valence-corrected chi connectivity index (χ4v) is 2.17. The molecule has 0 aromatic heterocycles. The summed E-state index contributed by atoms with van der Waals surface area (Å²) in [5.74, 6) is -0.739. The van der Waals surface area contributed by atoms with Crippen molar-refractivity contribution in [3.05, 3.63) is 21.1 Å². The molecule has 1 rings (SSSR count). The molecule has 0 amide bonds. The monoisotopic (exact) mass is 377 g/mol. The molecule has 11 heteroatoms. The molecule has 0 bridgehead atoms. The number of nitrogens with one attached hydrogen (secondary N) is 1. The topological polar surface area (TPSA) is 57.4 Å². The average Bonchev–Trinajstić information content (AvgIpc) is 2.37. The maximum absolute atomic E-state index is 12.2. The molecule has 4 nitrogen and oxygen atoms in total. The number of aliphatic imine (C=N–C) groups is 1. The van der Waals surface area contributed by atoms with E-state index < -0.39 is 17.1 Å². The maximum atomic E-state index is 12.2. The molecular weight excluding hydrogens is 374 g/mol. The van der Waals surface area contributed by atoms with Crippen molar-refractivity contribution in [2.45, 2.75) is 6.36 Å². The zero-order chi connectivity index (χ0) is 16.2. The number of ether oxygens (including phenoxy) is 1. The minimum Gasteiger partial charge on any atom is -0.404 e. The highest BCUT2D eigenvalue weighted by Crippen LogP contribution is 2.45. The summed E-state index contributed by atoms with van der Waals surface area (Å²) >= 11 is 18.4. The third-order valence-electron chi connectivity index (χ3n) is 1.90. The van der Waals surface area contributed by atoms with Crippen molar-refractivity contribution in [1.29, 1.82) is 5.26 Å². The quantitative estimate of drug-likeness (QED) is 0.260. The number of nitrogens with zero attached hydrogens (tertiary/aromatic N) is 2. The van der Waals surface area contributed by atoms with Crippen molar-refractivity contribution in [3.63, 3.8) is 0 Å². The first-order valence-electron chi connectivity index (χ1n) is 4.90. The van der Waals surface area contributed by atoms with Gasteiger partial charge in [0.25, 0.3) is 0 Å². The third-order valence-corrected chi connectivity index (χ3v) is 3.60. The van der Waals surface area contributed by atoms with E-state index in [2.05, 4.69) is 15.0 Å². The first-order valence-corrected chi connectivity index (χ1v) is 7.26. The molecule has 0 aliphatic rings. The van der Waals surface area contributed by atoms with Crippen LogP contribution >= 0.6 is 46.6 Å². The molecule has 0 fully saturated rings. The van der Waals surface area contributed by atoms with Crippen LogP contribution in [0.1, 0.15) is 0 Å². The minimum absolute atomic E-state index is 0.0787. The van der Waals surface area contributed by atoms with E-state index in [0.717, 1.165) is 17.8 Å². The van der Waals surface area contributed by atoms with Crippen LogP contribution in [0.25, 0.3) is 0 Å². The van der Waals surface area contributed by atoms with Gasteiger partial charge in [-0.05, 0) is 6.26 Å². The van der Waals surface area contributed by atoms with Crippen molar-refractivity contribution < 1.29 is 17.9 Å². The molecule has 0 unspecified atom stereocenters. The summed E-state index contributed by atoms with van der Waals surface area (Å²) in [5.41, 5.74) is -0.0787. The van der Waals surface area contributed by atoms with Crippen molar-refractivity contribution in [2.75, 3.05) is 6.26 Å². The van der Waals surface area contributed by atoms with Crippen LogP contribution < -0.4 is 10.1 Å². The van der Waals surface area contributed by atoms with Gasteiger partial charge in [0.2, 0.25) is 0 Å². The average molecular weight is 379 g/mol. The van der Waals surface area contributed by atoms with Crippen molar-refractivity contribution in [1.82, 2.24) is 5.32 Å². The summed E-state index contributed by atoms with van der Waals surface area (Å²) in [7, 11) is 0. The summed E-state index contributed by atoms with van der Waals surface area (Å²) in [5, 5.41) is 9.88. The predicted octanol–water partition coefficient (Wildman–Crippen LogP) is 4.97. The van der Waals surface area contributed by atoms with Gasteiger partial charge in [-0.1, -0.05) is 46.6 Å². The van der Waals surface area contributed by atoms with Gasteiger partial charge in [0.1, 0.15) is 10.7 Å². The van der Waals surface area contributed by atoms with Crippen molar-refractivity contribution in [2.24, 2.45) is 4.99 Å². The molecule has 21 heavy (non-hydrogen) atoms. The second-order valence-electron chi connectivity index (χ2n) is 3.24. The van der Waals surface area contributed by atoms with E-state index in [1.165, 1.54) is 0 Å². The molecule has 1 aromatic rings. The Bertz CT molecular complexity index is 616. The highest BCUT2D eigenvalue weighted by atomic mass is 35.5. The van der Waals surface area contributed by atoms with Gasteiger partial charge in [-0.15, -0.1) is 13.2 Å². The lowest BCUT2D eigenvalue weighted by Crippen LogP contribution is -2.17. The first kappa shape index (κ1) is 18.0. The Morgan fingerprint density at radius 3 is 2.48 bits per heavy atom. The Morgan fingerprint density at radius 2 is 2.00 bits per heavy atom. The van der Waals surface area contributed by atoms with Crippen LogP contribution in [0, 0.1) is 11.5 Å². The van der Waals surface area contributed by atoms with Crippen molar-refractivity contribution in [3.8, 4) is 11.9 Å². The van der Waals surface area contributed by atoms with Gasteiger partial charge in [-0.25, -0.2) is 4.99 Å². The van der Waals surface area contributed by atoms with E-state index in [1.54, 1.807) is 12.4 Å². The molecule has 0 aliphatic heterocycles. The van der Waals surface area contributed by atoms with E-state index in [4.69, 9.17) is 40.1 Å². The second-order valence-corrected chi connectivity index (χ2v) is 5.20. The third kappa shape index (κ3) is 5.04. The number of amidine groups is 1. The van der Waals surface area contributed by atoms with Gasteiger partial charge in [0, 0.05) is 6.07 Å². The summed E-state index contributed by atoms with van der Waals surface area (Å²) in [4.78, 5) is 3.93. The molecule has 0 spiro atoms. The van der Waals surface area contributed by atoms with Gasteiger partial charge >= 0.3 is 6.36 Å². The van der Waals surface area contributed by atoms with Gasteiger partial charge in [-0.2, -0.15) is 5.26 Å². The van der Waals surface area contributed by atoms with E-state index >= 15 is 0 Å². The van der Waals surface area contributed by atoms with E-state index in [-0.39, 0.29) is 20.9 Å². The molecule has 0 atom stereocenters. The molecule has 1 N–H and O–H groups in total. The van der Waals surface area contributed by atoms with E-state index in [0.29, 0.717) is 0 Å². The minimum atomic E-state index is -4.94. The molecule has 0 radical (unpaired) electrons. The number of nitriles is 1. The molecule has 114 valence electrons. The van der Waals surface area contributed by atoms with Gasteiger partial charge < -0.3 is 4.74 Å². The molecule has 0 heterocycles. The molecule has 1 aromatic carbocycles. The molecule has 0 saturated carbocycles. The number of benzene rings is 1. The molecule has 0 aliphatic carbocycles. The van der Waals surface area contributed by atoms with Gasteiger partial charge in [0.15, 0.2) is 17.1 Å². The lowest BCUT2D eigenvalue weighted by Gasteiger charge is -2.13. The predicted molar refractivity (Wildman–Crippen MR) is 77.5 cm³/mol. The van der Waals surface area contributed by atoms with E-state index in [1.807, 2.05) is 0 Å². The number of hydrogen-bond acceptors (Lipinski definition) is 4. The zero-order valence-corrected chi connectivity index (χ0v) is 13.1. The highest BCUT2D eigenvalue weighted by Gasteiger charge is 2.33. The van der Waals surface area contributed by atoms with E-state index in [9.17, 15) is 13.2 Å². The Hall–Kier alpha value is -1.01. The largest absolute Gasteiger partial charge is 0.573 e. The summed E-state index contributed by atoms with van der Waals surface area (Å²) in [6.45, 7) is 0. The van der Waals surface area contributed by atoms with Crippen LogP contribution in [0.15, 0.2) is 11.1 Å². The normalized spacial score (nSPS) is 12.0. The smallest absolute Gasteiger partial charge is 0.404 e.